The van der Waals surface area contributed by atoms with Crippen LogP contribution >= 0.6 is 0 Å². The van der Waals surface area contributed by atoms with Crippen molar-refractivity contribution < 1.29 is 4.42 Å². The normalized spacial score (nSPS) is 12.1. The third kappa shape index (κ3) is 4.18. The zero-order valence-electron chi connectivity index (χ0n) is 31.3. The number of furan rings is 1. The van der Waals surface area contributed by atoms with Crippen LogP contribution in [0.3, 0.4) is 0 Å². The molecule has 0 fully saturated rings. The maximum atomic E-state index is 6.60. The summed E-state index contributed by atoms with van der Waals surface area (Å²) in [6.45, 7) is 0. The van der Waals surface area contributed by atoms with E-state index >= 15 is 0 Å². The van der Waals surface area contributed by atoms with Crippen molar-refractivity contribution in [1.29, 1.82) is 0 Å². The quantitative estimate of drug-likeness (QED) is 0.177. The molecule has 0 unspecified atom stereocenters. The Kier molecular flexibility index (Phi) is 6.41. The molecule has 58 heavy (non-hydrogen) atoms. The van der Waals surface area contributed by atoms with E-state index in [1.807, 2.05) is 0 Å². The van der Waals surface area contributed by atoms with Gasteiger partial charge in [-0.25, -0.2) is 0 Å². The van der Waals surface area contributed by atoms with Crippen LogP contribution in [0.15, 0.2) is 205 Å². The lowest BCUT2D eigenvalue weighted by molar-refractivity contribution is 0.669. The van der Waals surface area contributed by atoms with Gasteiger partial charge in [0.25, 0.3) is 0 Å². The molecule has 0 amide bonds. The molecule has 4 nitrogen and oxygen atoms in total. The molecule has 0 aliphatic rings. The highest BCUT2D eigenvalue weighted by Gasteiger charge is 2.27. The Morgan fingerprint density at radius 2 is 0.776 bits per heavy atom. The molecule has 4 heteroatoms. The van der Waals surface area contributed by atoms with Crippen molar-refractivity contribution in [1.82, 2.24) is 13.7 Å². The third-order valence-corrected chi connectivity index (χ3v) is 12.2. The Labute approximate surface area is 332 Å². The highest BCUT2D eigenvalue weighted by Crippen LogP contribution is 2.48. The van der Waals surface area contributed by atoms with Crippen LogP contribution in [-0.4, -0.2) is 13.7 Å². The lowest BCUT2D eigenvalue weighted by atomic mass is 9.95. The molecule has 4 heterocycles. The zero-order valence-corrected chi connectivity index (χ0v) is 31.3. The second-order valence-electron chi connectivity index (χ2n) is 15.2. The van der Waals surface area contributed by atoms with Crippen molar-refractivity contribution in [2.45, 2.75) is 0 Å². The van der Waals surface area contributed by atoms with E-state index in [-0.39, 0.29) is 0 Å². The average molecular weight is 740 g/mol. The first kappa shape index (κ1) is 31.4. The van der Waals surface area contributed by atoms with Gasteiger partial charge >= 0.3 is 0 Å². The summed E-state index contributed by atoms with van der Waals surface area (Å²) in [5.74, 6) is 0. The van der Waals surface area contributed by atoms with Gasteiger partial charge in [-0.3, -0.25) is 0 Å². The largest absolute Gasteiger partial charge is 0.456 e. The average Bonchev–Trinajstić information content (AvgIpc) is 4.03. The maximum Gasteiger partial charge on any atom is 0.136 e. The van der Waals surface area contributed by atoms with Gasteiger partial charge in [0.05, 0.1) is 44.5 Å². The summed E-state index contributed by atoms with van der Waals surface area (Å²) < 4.78 is 14.1. The fourth-order valence-electron chi connectivity index (χ4n) is 9.94. The highest BCUT2D eigenvalue weighted by atomic mass is 16.3. The lowest BCUT2D eigenvalue weighted by Crippen LogP contribution is -2.03. The highest BCUT2D eigenvalue weighted by molar-refractivity contribution is 6.23. The Morgan fingerprint density at radius 3 is 1.41 bits per heavy atom. The molecule has 0 saturated carbocycles. The molecule has 13 rings (SSSR count). The molecule has 0 radical (unpaired) electrons. The number of fused-ring (bicyclic) bond motifs is 12. The number of benzene rings is 9. The van der Waals surface area contributed by atoms with Gasteiger partial charge in [-0.05, 0) is 66.2 Å². The molecule has 0 spiro atoms. The van der Waals surface area contributed by atoms with E-state index in [2.05, 4.69) is 214 Å². The van der Waals surface area contributed by atoms with E-state index < -0.39 is 0 Å². The summed E-state index contributed by atoms with van der Waals surface area (Å²) >= 11 is 0. The van der Waals surface area contributed by atoms with Crippen molar-refractivity contribution in [3.8, 4) is 28.2 Å². The summed E-state index contributed by atoms with van der Waals surface area (Å²) in [6, 6.07) is 72.5. The minimum absolute atomic E-state index is 0.872. The molecular weight excluding hydrogens is 707 g/mol. The first-order valence-corrected chi connectivity index (χ1v) is 19.9. The molecule has 0 N–H and O–H groups in total. The molecule has 0 atom stereocenters. The lowest BCUT2D eigenvalue weighted by Gasteiger charge is -2.19. The molecular formula is C54H33N3O. The van der Waals surface area contributed by atoms with Crippen LogP contribution in [0.4, 0.5) is 0 Å². The van der Waals surface area contributed by atoms with Crippen LogP contribution in [0.25, 0.3) is 116 Å². The van der Waals surface area contributed by atoms with Gasteiger partial charge in [0.15, 0.2) is 0 Å². The second-order valence-corrected chi connectivity index (χ2v) is 15.2. The van der Waals surface area contributed by atoms with Gasteiger partial charge in [0, 0.05) is 54.3 Å². The van der Waals surface area contributed by atoms with E-state index in [9.17, 15) is 0 Å². The van der Waals surface area contributed by atoms with Crippen molar-refractivity contribution in [2.75, 3.05) is 0 Å². The van der Waals surface area contributed by atoms with E-state index in [0.717, 1.165) is 61.2 Å². The molecule has 0 aliphatic heterocycles. The smallest absolute Gasteiger partial charge is 0.136 e. The molecule has 13 aromatic rings. The summed E-state index contributed by atoms with van der Waals surface area (Å²) in [4.78, 5) is 0. The van der Waals surface area contributed by atoms with E-state index in [4.69, 9.17) is 4.42 Å². The van der Waals surface area contributed by atoms with Gasteiger partial charge in [-0.15, -0.1) is 0 Å². The van der Waals surface area contributed by atoms with E-state index in [0.29, 0.717) is 0 Å². The molecule has 270 valence electrons. The Hall–Kier alpha value is -7.82. The summed E-state index contributed by atoms with van der Waals surface area (Å²) in [6.07, 6.45) is 0. The predicted octanol–water partition coefficient (Wildman–Crippen LogP) is 14.5. The molecule has 0 bridgehead atoms. The Morgan fingerprint density at radius 1 is 0.293 bits per heavy atom. The van der Waals surface area contributed by atoms with Crippen LogP contribution < -0.4 is 0 Å². The number of hydrogen-bond acceptors (Lipinski definition) is 1. The number of para-hydroxylation sites is 7. The summed E-state index contributed by atoms with van der Waals surface area (Å²) in [5, 5.41) is 9.53. The minimum Gasteiger partial charge on any atom is -0.456 e. The third-order valence-electron chi connectivity index (χ3n) is 12.2. The van der Waals surface area contributed by atoms with E-state index in [1.165, 1.54) is 54.4 Å². The first-order valence-electron chi connectivity index (χ1n) is 19.9. The van der Waals surface area contributed by atoms with Crippen molar-refractivity contribution in [2.24, 2.45) is 0 Å². The van der Waals surface area contributed by atoms with Crippen molar-refractivity contribution >= 4 is 87.4 Å². The standard InChI is InChI=1S/C54H33N3O/c1-2-16-34(17-3-1)55-53-39(23-14-29-48(53)57-45-27-11-6-20-37(45)38-21-7-12-28-46(38)57)40-32-33-47(56-43-25-9-4-18-35(43)36-19-5-10-26-44(36)56)52(54(40)55)42-24-15-31-50-51(42)41-22-8-13-30-49(41)58-50/h1-33H. The van der Waals surface area contributed by atoms with Crippen LogP contribution in [0.5, 0.6) is 0 Å². The fraction of sp³-hybridized carbons (Fsp3) is 0. The second kappa shape index (κ2) is 11.8. The molecule has 9 aromatic carbocycles. The van der Waals surface area contributed by atoms with Crippen LogP contribution in [0.1, 0.15) is 0 Å². The molecule has 4 aromatic heterocycles. The van der Waals surface area contributed by atoms with Gasteiger partial charge in [0.1, 0.15) is 11.2 Å². The number of nitrogens with zero attached hydrogens (tertiary/aromatic N) is 3. The number of aromatic nitrogens is 3. The van der Waals surface area contributed by atoms with Crippen molar-refractivity contribution in [3.63, 3.8) is 0 Å². The van der Waals surface area contributed by atoms with E-state index in [1.54, 1.807) is 0 Å². The van der Waals surface area contributed by atoms with Crippen LogP contribution in [0.2, 0.25) is 0 Å². The van der Waals surface area contributed by atoms with Gasteiger partial charge in [0.2, 0.25) is 0 Å². The van der Waals surface area contributed by atoms with Gasteiger partial charge in [-0.1, -0.05) is 140 Å². The predicted molar refractivity (Wildman–Crippen MR) is 242 cm³/mol. The van der Waals surface area contributed by atoms with Crippen LogP contribution in [-0.2, 0) is 0 Å². The maximum absolute atomic E-state index is 6.60. The number of rotatable bonds is 4. The first-order chi connectivity index (χ1) is 28.8. The monoisotopic (exact) mass is 739 g/mol. The molecule has 0 saturated heterocycles. The Bertz CT molecular complexity index is 3690. The SMILES string of the molecule is c1ccc(-n2c3c(-n4c5ccccc5c5ccccc54)cccc3c3ccc(-n4c5ccccc5c5ccccc54)c(-c4cccc5oc6ccccc6c45)c32)cc1. The van der Waals surface area contributed by atoms with Crippen molar-refractivity contribution in [3.05, 3.63) is 200 Å². The van der Waals surface area contributed by atoms with Gasteiger partial charge < -0.3 is 18.1 Å². The zero-order chi connectivity index (χ0) is 37.9. The topological polar surface area (TPSA) is 27.9 Å². The Balaban J connectivity index is 1.29. The summed E-state index contributed by atoms with van der Waals surface area (Å²) in [7, 11) is 0. The molecule has 0 aliphatic carbocycles. The number of hydrogen-bond donors (Lipinski definition) is 0. The van der Waals surface area contributed by atoms with Crippen LogP contribution in [0, 0.1) is 0 Å². The summed E-state index contributed by atoms with van der Waals surface area (Å²) in [5.41, 5.74) is 14.4. The fourth-order valence-corrected chi connectivity index (χ4v) is 9.94. The minimum atomic E-state index is 0.872. The van der Waals surface area contributed by atoms with Gasteiger partial charge in [-0.2, -0.15) is 0 Å².